The third kappa shape index (κ3) is 4.44. The monoisotopic (exact) mass is 514 g/mol. The van der Waals surface area contributed by atoms with E-state index in [0.29, 0.717) is 54.0 Å². The van der Waals surface area contributed by atoms with Crippen molar-refractivity contribution in [2.45, 2.75) is 13.0 Å². The van der Waals surface area contributed by atoms with Gasteiger partial charge in [-0.3, -0.25) is 9.36 Å². The number of benzene rings is 2. The molecule has 1 aromatic heterocycles. The summed E-state index contributed by atoms with van der Waals surface area (Å²) in [4.78, 5) is 31.4. The summed E-state index contributed by atoms with van der Waals surface area (Å²) in [5, 5.41) is 0.545. The van der Waals surface area contributed by atoms with Gasteiger partial charge in [0.1, 0.15) is 0 Å². The van der Waals surface area contributed by atoms with Crippen molar-refractivity contribution >= 4 is 35.0 Å². The SMILES string of the molecule is COC(=O)C1=C(C)N=c2s/c(=C\c3cc(OC)c(OC)c(OC)c3)c(=O)n2C1c1ccc(Cl)cc1. The average Bonchev–Trinajstić information content (AvgIpc) is 3.16. The van der Waals surface area contributed by atoms with Gasteiger partial charge in [0.2, 0.25) is 5.75 Å². The minimum absolute atomic E-state index is 0.293. The van der Waals surface area contributed by atoms with Crippen molar-refractivity contribution in [2.24, 2.45) is 4.99 Å². The molecule has 35 heavy (non-hydrogen) atoms. The molecule has 8 nitrogen and oxygen atoms in total. The van der Waals surface area contributed by atoms with Gasteiger partial charge in [-0.1, -0.05) is 35.1 Å². The average molecular weight is 515 g/mol. The van der Waals surface area contributed by atoms with E-state index in [1.165, 1.54) is 44.3 Å². The van der Waals surface area contributed by atoms with Crippen molar-refractivity contribution in [3.05, 3.63) is 83.5 Å². The van der Waals surface area contributed by atoms with Crippen molar-refractivity contribution in [3.63, 3.8) is 0 Å². The third-order valence-corrected chi connectivity index (χ3v) is 6.83. The van der Waals surface area contributed by atoms with E-state index in [1.54, 1.807) is 49.4 Å². The zero-order chi connectivity index (χ0) is 25.3. The summed E-state index contributed by atoms with van der Waals surface area (Å²) >= 11 is 7.30. The van der Waals surface area contributed by atoms with E-state index in [0.717, 1.165) is 0 Å². The van der Waals surface area contributed by atoms with Gasteiger partial charge in [0.05, 0.1) is 50.3 Å². The number of methoxy groups -OCH3 is 4. The number of carbonyl (C=O) groups excluding carboxylic acids is 1. The number of hydrogen-bond acceptors (Lipinski definition) is 8. The fraction of sp³-hybridized carbons (Fsp3) is 0.240. The molecule has 4 rings (SSSR count). The molecule has 2 heterocycles. The molecular weight excluding hydrogens is 492 g/mol. The Morgan fingerprint density at radius 3 is 2.23 bits per heavy atom. The Kier molecular flexibility index (Phi) is 7.00. The molecule has 0 aliphatic carbocycles. The van der Waals surface area contributed by atoms with Gasteiger partial charge in [-0.2, -0.15) is 0 Å². The number of esters is 1. The molecule has 0 N–H and O–H groups in total. The quantitative estimate of drug-likeness (QED) is 0.470. The van der Waals surface area contributed by atoms with Crippen LogP contribution in [0.25, 0.3) is 6.08 Å². The van der Waals surface area contributed by atoms with Gasteiger partial charge in [-0.15, -0.1) is 0 Å². The van der Waals surface area contributed by atoms with Gasteiger partial charge in [0.25, 0.3) is 5.56 Å². The number of aromatic nitrogens is 1. The van der Waals surface area contributed by atoms with Crippen LogP contribution in [0.5, 0.6) is 17.2 Å². The minimum atomic E-state index is -0.710. The second kappa shape index (κ2) is 9.97. The molecule has 182 valence electrons. The normalized spacial score (nSPS) is 15.4. The van der Waals surface area contributed by atoms with E-state index in [9.17, 15) is 9.59 Å². The zero-order valence-electron chi connectivity index (χ0n) is 19.7. The predicted octanol–water partition coefficient (Wildman–Crippen LogP) is 3.09. The summed E-state index contributed by atoms with van der Waals surface area (Å²) in [6, 6.07) is 9.79. The number of hydrogen-bond donors (Lipinski definition) is 0. The Morgan fingerprint density at radius 2 is 1.69 bits per heavy atom. The lowest BCUT2D eigenvalue weighted by Crippen LogP contribution is -2.39. The first-order valence-electron chi connectivity index (χ1n) is 10.5. The Morgan fingerprint density at radius 1 is 1.06 bits per heavy atom. The molecule has 10 heteroatoms. The van der Waals surface area contributed by atoms with Crippen LogP contribution in [-0.2, 0) is 9.53 Å². The van der Waals surface area contributed by atoms with Crippen LogP contribution >= 0.6 is 22.9 Å². The van der Waals surface area contributed by atoms with Crippen LogP contribution < -0.4 is 29.1 Å². The zero-order valence-corrected chi connectivity index (χ0v) is 21.3. The highest BCUT2D eigenvalue weighted by Gasteiger charge is 2.33. The van der Waals surface area contributed by atoms with Crippen molar-refractivity contribution in [1.82, 2.24) is 4.57 Å². The number of allylic oxidation sites excluding steroid dienone is 1. The molecule has 1 aliphatic heterocycles. The summed E-state index contributed by atoms with van der Waals surface area (Å²) in [6.07, 6.45) is 1.73. The molecular formula is C25H23ClN2O6S. The molecule has 0 bridgehead atoms. The van der Waals surface area contributed by atoms with Gasteiger partial charge in [-0.05, 0) is 48.4 Å². The molecule has 1 unspecified atom stereocenters. The highest BCUT2D eigenvalue weighted by Crippen LogP contribution is 2.38. The van der Waals surface area contributed by atoms with Crippen LogP contribution in [0.15, 0.2) is 57.5 Å². The highest BCUT2D eigenvalue weighted by atomic mass is 35.5. The van der Waals surface area contributed by atoms with Crippen LogP contribution in [0.2, 0.25) is 5.02 Å². The smallest absolute Gasteiger partial charge is 0.338 e. The van der Waals surface area contributed by atoms with Crippen LogP contribution in [0, 0.1) is 0 Å². The maximum Gasteiger partial charge on any atom is 0.338 e. The van der Waals surface area contributed by atoms with E-state index in [4.69, 9.17) is 30.5 Å². The number of carbonyl (C=O) groups is 1. The molecule has 0 fully saturated rings. The first-order chi connectivity index (χ1) is 16.8. The maximum atomic E-state index is 13.7. The van der Waals surface area contributed by atoms with Crippen molar-refractivity contribution in [2.75, 3.05) is 28.4 Å². The standard InChI is InChI=1S/C25H23ClN2O6S/c1-13-20(24(30)34-5)21(15-6-8-16(26)9-7-15)28-23(29)19(35-25(28)27-13)12-14-10-17(31-2)22(33-4)18(11-14)32-3/h6-12,21H,1-5H3/b19-12-. The fourth-order valence-electron chi connectivity index (χ4n) is 3.99. The maximum absolute atomic E-state index is 13.7. The number of ether oxygens (including phenoxy) is 4. The number of rotatable bonds is 6. The number of thiazole rings is 1. The second-order valence-corrected chi connectivity index (χ2v) is 9.03. The van der Waals surface area contributed by atoms with Crippen LogP contribution in [0.4, 0.5) is 0 Å². The molecule has 0 radical (unpaired) electrons. The molecule has 0 spiro atoms. The molecule has 0 saturated carbocycles. The molecule has 0 saturated heterocycles. The van der Waals surface area contributed by atoms with Crippen LogP contribution in [0.3, 0.4) is 0 Å². The van der Waals surface area contributed by atoms with Crippen molar-refractivity contribution in [1.29, 1.82) is 0 Å². The van der Waals surface area contributed by atoms with Crippen LogP contribution in [-0.4, -0.2) is 39.0 Å². The first kappa shape index (κ1) is 24.6. The highest BCUT2D eigenvalue weighted by molar-refractivity contribution is 7.07. The summed E-state index contributed by atoms with van der Waals surface area (Å²) in [6.45, 7) is 1.73. The summed E-state index contributed by atoms with van der Waals surface area (Å²) in [7, 11) is 5.88. The predicted molar refractivity (Wildman–Crippen MR) is 133 cm³/mol. The lowest BCUT2D eigenvalue weighted by atomic mass is 9.96. The minimum Gasteiger partial charge on any atom is -0.493 e. The lowest BCUT2D eigenvalue weighted by Gasteiger charge is -2.24. The molecule has 0 amide bonds. The summed E-state index contributed by atoms with van der Waals surface area (Å²) in [5.41, 5.74) is 1.87. The largest absolute Gasteiger partial charge is 0.493 e. The molecule has 1 aliphatic rings. The third-order valence-electron chi connectivity index (χ3n) is 5.60. The Labute approximate surface area is 210 Å². The van der Waals surface area contributed by atoms with E-state index in [1.807, 2.05) is 0 Å². The van der Waals surface area contributed by atoms with E-state index >= 15 is 0 Å². The lowest BCUT2D eigenvalue weighted by molar-refractivity contribution is -0.136. The Hall–Kier alpha value is -3.56. The second-order valence-electron chi connectivity index (χ2n) is 7.58. The Bertz CT molecular complexity index is 1480. The van der Waals surface area contributed by atoms with Gasteiger partial charge in [0, 0.05) is 5.02 Å². The number of fused-ring (bicyclic) bond motifs is 1. The van der Waals surface area contributed by atoms with Crippen LogP contribution in [0.1, 0.15) is 24.1 Å². The van der Waals surface area contributed by atoms with Gasteiger partial charge in [-0.25, -0.2) is 9.79 Å². The Balaban J connectivity index is 1.96. The van der Waals surface area contributed by atoms with Gasteiger partial charge >= 0.3 is 5.97 Å². The fourth-order valence-corrected chi connectivity index (χ4v) is 5.16. The van der Waals surface area contributed by atoms with Crippen molar-refractivity contribution < 1.29 is 23.7 Å². The van der Waals surface area contributed by atoms with Crippen molar-refractivity contribution in [3.8, 4) is 17.2 Å². The van der Waals surface area contributed by atoms with E-state index in [2.05, 4.69) is 4.99 Å². The number of halogens is 1. The molecule has 1 atom stereocenters. The molecule has 2 aromatic carbocycles. The summed E-state index contributed by atoms with van der Waals surface area (Å²) < 4.78 is 23.2. The van der Waals surface area contributed by atoms with Gasteiger partial charge in [0.15, 0.2) is 16.3 Å². The van der Waals surface area contributed by atoms with E-state index in [-0.39, 0.29) is 5.56 Å². The topological polar surface area (TPSA) is 88.4 Å². The summed E-state index contributed by atoms with van der Waals surface area (Å²) in [5.74, 6) is 0.835. The van der Waals surface area contributed by atoms with E-state index < -0.39 is 12.0 Å². The number of nitrogens with zero attached hydrogens (tertiary/aromatic N) is 2. The first-order valence-corrected chi connectivity index (χ1v) is 11.7. The van der Waals surface area contributed by atoms with Gasteiger partial charge < -0.3 is 18.9 Å². The molecule has 3 aromatic rings.